The Bertz CT molecular complexity index is 625. The van der Waals surface area contributed by atoms with E-state index in [1.165, 1.54) is 11.3 Å². The maximum atomic E-state index is 12.9. The standard InChI is InChI=1S/C18H26N4OS/c1-3-21(4-2)10-11-22(13-15-8-6-5-7-9-15)18(23)16-14-24-17(12-19)20-16/h5-9,14H,3-4,10-13,19H2,1-2H3. The Morgan fingerprint density at radius 3 is 2.46 bits per heavy atom. The van der Waals surface area contributed by atoms with Gasteiger partial charge in [-0.2, -0.15) is 0 Å². The van der Waals surface area contributed by atoms with Crippen LogP contribution in [0.4, 0.5) is 0 Å². The van der Waals surface area contributed by atoms with E-state index in [0.29, 0.717) is 25.3 Å². The van der Waals surface area contributed by atoms with Crippen LogP contribution in [0.2, 0.25) is 0 Å². The van der Waals surface area contributed by atoms with Gasteiger partial charge in [0.05, 0.1) is 0 Å². The zero-order valence-electron chi connectivity index (χ0n) is 14.4. The number of hydrogen-bond acceptors (Lipinski definition) is 5. The van der Waals surface area contributed by atoms with Gasteiger partial charge in [0.15, 0.2) is 0 Å². The van der Waals surface area contributed by atoms with Gasteiger partial charge in [-0.1, -0.05) is 44.2 Å². The molecule has 24 heavy (non-hydrogen) atoms. The molecule has 0 saturated heterocycles. The smallest absolute Gasteiger partial charge is 0.273 e. The zero-order valence-corrected chi connectivity index (χ0v) is 15.3. The number of aromatic nitrogens is 1. The first-order valence-electron chi connectivity index (χ1n) is 8.37. The second-order valence-electron chi connectivity index (χ2n) is 5.57. The Morgan fingerprint density at radius 1 is 1.17 bits per heavy atom. The maximum absolute atomic E-state index is 12.9. The summed E-state index contributed by atoms with van der Waals surface area (Å²) in [5.74, 6) is -0.0260. The SMILES string of the molecule is CCN(CC)CCN(Cc1ccccc1)C(=O)c1csc(CN)n1. The van der Waals surface area contributed by atoms with Crippen molar-refractivity contribution in [3.8, 4) is 0 Å². The summed E-state index contributed by atoms with van der Waals surface area (Å²) in [5, 5.41) is 2.60. The fourth-order valence-electron chi connectivity index (χ4n) is 2.52. The lowest BCUT2D eigenvalue weighted by Crippen LogP contribution is -2.38. The molecule has 0 spiro atoms. The molecule has 0 unspecified atom stereocenters. The van der Waals surface area contributed by atoms with Gasteiger partial charge < -0.3 is 15.5 Å². The van der Waals surface area contributed by atoms with Gasteiger partial charge in [-0.3, -0.25) is 4.79 Å². The van der Waals surface area contributed by atoms with Gasteiger partial charge in [-0.05, 0) is 18.7 Å². The highest BCUT2D eigenvalue weighted by Gasteiger charge is 2.19. The van der Waals surface area contributed by atoms with Crippen molar-refractivity contribution >= 4 is 17.2 Å². The molecule has 2 rings (SSSR count). The van der Waals surface area contributed by atoms with Crippen LogP contribution in [0.1, 0.15) is 34.9 Å². The molecule has 130 valence electrons. The predicted octanol–water partition coefficient (Wildman–Crippen LogP) is 2.59. The number of rotatable bonds is 9. The first-order valence-corrected chi connectivity index (χ1v) is 9.25. The summed E-state index contributed by atoms with van der Waals surface area (Å²) in [6.45, 7) is 8.76. The van der Waals surface area contributed by atoms with Gasteiger partial charge >= 0.3 is 0 Å². The first kappa shape index (κ1) is 18.6. The number of carbonyl (C=O) groups is 1. The third-order valence-corrected chi connectivity index (χ3v) is 4.90. The molecule has 0 aliphatic heterocycles. The van der Waals surface area contributed by atoms with Gasteiger partial charge in [0.1, 0.15) is 10.7 Å². The van der Waals surface area contributed by atoms with Crippen molar-refractivity contribution in [2.24, 2.45) is 5.73 Å². The van der Waals surface area contributed by atoms with Crippen molar-refractivity contribution in [3.63, 3.8) is 0 Å². The number of carbonyl (C=O) groups excluding carboxylic acids is 1. The van der Waals surface area contributed by atoms with Crippen LogP contribution >= 0.6 is 11.3 Å². The molecule has 0 radical (unpaired) electrons. The second kappa shape index (κ2) is 9.52. The minimum atomic E-state index is -0.0260. The second-order valence-corrected chi connectivity index (χ2v) is 6.51. The molecule has 2 N–H and O–H groups in total. The zero-order chi connectivity index (χ0) is 17.4. The van der Waals surface area contributed by atoms with Crippen LogP contribution in [-0.2, 0) is 13.1 Å². The highest BCUT2D eigenvalue weighted by Crippen LogP contribution is 2.14. The van der Waals surface area contributed by atoms with E-state index in [-0.39, 0.29) is 5.91 Å². The summed E-state index contributed by atoms with van der Waals surface area (Å²) < 4.78 is 0. The monoisotopic (exact) mass is 346 g/mol. The van der Waals surface area contributed by atoms with E-state index in [2.05, 4.69) is 23.7 Å². The van der Waals surface area contributed by atoms with Crippen molar-refractivity contribution in [1.82, 2.24) is 14.8 Å². The molecule has 0 atom stereocenters. The highest BCUT2D eigenvalue weighted by molar-refractivity contribution is 7.09. The van der Waals surface area contributed by atoms with Gasteiger partial charge in [0.2, 0.25) is 0 Å². The molecule has 2 aromatic rings. The van der Waals surface area contributed by atoms with Crippen molar-refractivity contribution in [2.45, 2.75) is 26.9 Å². The fraction of sp³-hybridized carbons (Fsp3) is 0.444. The molecular formula is C18H26N4OS. The van der Waals surface area contributed by atoms with Crippen LogP contribution in [0.3, 0.4) is 0 Å². The van der Waals surface area contributed by atoms with Crippen LogP contribution in [0.5, 0.6) is 0 Å². The molecule has 0 fully saturated rings. The molecule has 0 aliphatic carbocycles. The van der Waals surface area contributed by atoms with E-state index in [0.717, 1.165) is 30.2 Å². The Morgan fingerprint density at radius 2 is 1.88 bits per heavy atom. The van der Waals surface area contributed by atoms with Crippen LogP contribution in [-0.4, -0.2) is 46.9 Å². The molecule has 1 heterocycles. The van der Waals surface area contributed by atoms with Crippen molar-refractivity contribution < 1.29 is 4.79 Å². The number of nitrogens with zero attached hydrogens (tertiary/aromatic N) is 3. The van der Waals surface area contributed by atoms with E-state index in [4.69, 9.17) is 5.73 Å². The van der Waals surface area contributed by atoms with E-state index >= 15 is 0 Å². The van der Waals surface area contributed by atoms with E-state index in [1.54, 1.807) is 5.38 Å². The van der Waals surface area contributed by atoms with Gasteiger partial charge in [-0.15, -0.1) is 11.3 Å². The number of nitrogens with two attached hydrogens (primary N) is 1. The lowest BCUT2D eigenvalue weighted by atomic mass is 10.2. The summed E-state index contributed by atoms with van der Waals surface area (Å²) >= 11 is 1.44. The molecular weight excluding hydrogens is 320 g/mol. The van der Waals surface area contributed by atoms with Crippen LogP contribution in [0.15, 0.2) is 35.7 Å². The molecule has 1 aromatic heterocycles. The predicted molar refractivity (Wildman–Crippen MR) is 99.0 cm³/mol. The fourth-order valence-corrected chi connectivity index (χ4v) is 3.17. The molecule has 6 heteroatoms. The molecule has 0 saturated carbocycles. The number of hydrogen-bond donors (Lipinski definition) is 1. The number of thiazole rings is 1. The number of benzene rings is 1. The van der Waals surface area contributed by atoms with E-state index in [9.17, 15) is 4.79 Å². The Labute approximate surface area is 148 Å². The van der Waals surface area contributed by atoms with Crippen molar-refractivity contribution in [1.29, 1.82) is 0 Å². The molecule has 5 nitrogen and oxygen atoms in total. The summed E-state index contributed by atoms with van der Waals surface area (Å²) in [6, 6.07) is 10.1. The normalized spacial score (nSPS) is 11.0. The van der Waals surface area contributed by atoms with Crippen molar-refractivity contribution in [3.05, 3.63) is 52.0 Å². The molecule has 0 bridgehead atoms. The Hall–Kier alpha value is -1.76. The van der Waals surface area contributed by atoms with Gasteiger partial charge in [-0.25, -0.2) is 4.98 Å². The van der Waals surface area contributed by atoms with E-state index in [1.807, 2.05) is 35.2 Å². The average Bonchev–Trinajstić information content (AvgIpc) is 3.11. The Balaban J connectivity index is 2.12. The summed E-state index contributed by atoms with van der Waals surface area (Å²) in [5.41, 5.74) is 7.23. The van der Waals surface area contributed by atoms with Crippen LogP contribution in [0.25, 0.3) is 0 Å². The van der Waals surface area contributed by atoms with Crippen molar-refractivity contribution in [2.75, 3.05) is 26.2 Å². The van der Waals surface area contributed by atoms with Gasteiger partial charge in [0, 0.05) is 31.6 Å². The summed E-state index contributed by atoms with van der Waals surface area (Å²) in [4.78, 5) is 21.4. The quantitative estimate of drug-likeness (QED) is 0.758. The molecule has 0 aliphatic rings. The minimum absolute atomic E-state index is 0.0260. The number of likely N-dealkylation sites (N-methyl/N-ethyl adjacent to an activating group) is 1. The first-order chi connectivity index (χ1) is 11.7. The molecule has 1 amide bonds. The lowest BCUT2D eigenvalue weighted by molar-refractivity contribution is 0.0718. The molecule has 1 aromatic carbocycles. The summed E-state index contributed by atoms with van der Waals surface area (Å²) in [6.07, 6.45) is 0. The highest BCUT2D eigenvalue weighted by atomic mass is 32.1. The van der Waals surface area contributed by atoms with Crippen LogP contribution < -0.4 is 5.73 Å². The van der Waals surface area contributed by atoms with E-state index < -0.39 is 0 Å². The summed E-state index contributed by atoms with van der Waals surface area (Å²) in [7, 11) is 0. The minimum Gasteiger partial charge on any atom is -0.332 e. The Kier molecular flexibility index (Phi) is 7.36. The third-order valence-electron chi connectivity index (χ3n) is 4.03. The van der Waals surface area contributed by atoms with Gasteiger partial charge in [0.25, 0.3) is 5.91 Å². The average molecular weight is 347 g/mol. The topological polar surface area (TPSA) is 62.5 Å². The third kappa shape index (κ3) is 5.12. The largest absolute Gasteiger partial charge is 0.332 e. The van der Waals surface area contributed by atoms with Crippen LogP contribution in [0, 0.1) is 0 Å². The maximum Gasteiger partial charge on any atom is 0.273 e. The number of amides is 1. The lowest BCUT2D eigenvalue weighted by Gasteiger charge is -2.26.